The van der Waals surface area contributed by atoms with Gasteiger partial charge in [0.05, 0.1) is 11.9 Å². The molecule has 2 heterocycles. The third-order valence-corrected chi connectivity index (χ3v) is 3.73. The first kappa shape index (κ1) is 12.2. The molecule has 0 spiro atoms. The van der Waals surface area contributed by atoms with Gasteiger partial charge in [0, 0.05) is 37.9 Å². The molecular weight excluding hydrogens is 234 g/mol. The lowest BCUT2D eigenvalue weighted by Crippen LogP contribution is -2.43. The maximum absolute atomic E-state index is 4.43. The minimum atomic E-state index is 1.05. The van der Waals surface area contributed by atoms with E-state index in [-0.39, 0.29) is 0 Å². The second kappa shape index (κ2) is 5.41. The molecule has 98 valence electrons. The summed E-state index contributed by atoms with van der Waals surface area (Å²) in [6.07, 6.45) is 3.96. The molecule has 0 unspecified atom stereocenters. The minimum absolute atomic E-state index is 1.05. The first-order valence-electron chi connectivity index (χ1n) is 6.82. The van der Waals surface area contributed by atoms with Crippen LogP contribution in [-0.4, -0.2) is 31.2 Å². The van der Waals surface area contributed by atoms with Crippen molar-refractivity contribution in [1.82, 2.24) is 10.3 Å². The Bertz CT molecular complexity index is 545. The summed E-state index contributed by atoms with van der Waals surface area (Å²) >= 11 is 0. The van der Waals surface area contributed by atoms with Crippen LogP contribution >= 0.6 is 0 Å². The molecule has 3 rings (SSSR count). The van der Waals surface area contributed by atoms with Gasteiger partial charge < -0.3 is 10.2 Å². The summed E-state index contributed by atoms with van der Waals surface area (Å²) in [6.45, 7) is 6.41. The Kier molecular flexibility index (Phi) is 3.47. The predicted molar refractivity (Wildman–Crippen MR) is 79.5 cm³/mol. The molecule has 0 amide bonds. The van der Waals surface area contributed by atoms with Crippen LogP contribution in [0.1, 0.15) is 5.56 Å². The van der Waals surface area contributed by atoms with Crippen molar-refractivity contribution in [2.45, 2.75) is 6.92 Å². The van der Waals surface area contributed by atoms with Crippen LogP contribution in [-0.2, 0) is 0 Å². The number of benzene rings is 1. The molecule has 1 aliphatic heterocycles. The highest BCUT2D eigenvalue weighted by atomic mass is 15.2. The first-order valence-corrected chi connectivity index (χ1v) is 6.82. The number of aromatic nitrogens is 1. The number of piperazine rings is 1. The van der Waals surface area contributed by atoms with Crippen molar-refractivity contribution >= 4 is 5.69 Å². The maximum Gasteiger partial charge on any atom is 0.0589 e. The van der Waals surface area contributed by atoms with Crippen molar-refractivity contribution < 1.29 is 0 Å². The van der Waals surface area contributed by atoms with Gasteiger partial charge in [0.1, 0.15) is 0 Å². The van der Waals surface area contributed by atoms with Crippen molar-refractivity contribution in [3.63, 3.8) is 0 Å². The summed E-state index contributed by atoms with van der Waals surface area (Å²) in [7, 11) is 0. The predicted octanol–water partition coefficient (Wildman–Crippen LogP) is 2.47. The van der Waals surface area contributed by atoms with Gasteiger partial charge in [-0.1, -0.05) is 30.3 Å². The summed E-state index contributed by atoms with van der Waals surface area (Å²) < 4.78 is 0. The zero-order valence-corrected chi connectivity index (χ0v) is 11.3. The quantitative estimate of drug-likeness (QED) is 0.891. The lowest BCUT2D eigenvalue weighted by atomic mass is 10.0. The topological polar surface area (TPSA) is 28.2 Å². The third kappa shape index (κ3) is 2.47. The van der Waals surface area contributed by atoms with Crippen molar-refractivity contribution in [2.75, 3.05) is 31.1 Å². The minimum Gasteiger partial charge on any atom is -0.368 e. The van der Waals surface area contributed by atoms with E-state index in [4.69, 9.17) is 0 Å². The zero-order valence-electron chi connectivity index (χ0n) is 11.3. The monoisotopic (exact) mass is 253 g/mol. The van der Waals surface area contributed by atoms with Gasteiger partial charge in [-0.25, -0.2) is 0 Å². The van der Waals surface area contributed by atoms with Crippen molar-refractivity contribution in [2.24, 2.45) is 0 Å². The Morgan fingerprint density at radius 1 is 1.05 bits per heavy atom. The van der Waals surface area contributed by atoms with E-state index in [0.29, 0.717) is 0 Å². The van der Waals surface area contributed by atoms with Gasteiger partial charge >= 0.3 is 0 Å². The molecule has 0 aliphatic carbocycles. The van der Waals surface area contributed by atoms with Crippen LogP contribution in [0.25, 0.3) is 11.1 Å². The highest BCUT2D eigenvalue weighted by Gasteiger charge is 2.15. The lowest BCUT2D eigenvalue weighted by molar-refractivity contribution is 0.588. The number of nitrogens with one attached hydrogen (secondary N) is 1. The zero-order chi connectivity index (χ0) is 13.1. The van der Waals surface area contributed by atoms with E-state index in [2.05, 4.69) is 46.4 Å². The van der Waals surface area contributed by atoms with Crippen LogP contribution < -0.4 is 10.2 Å². The molecule has 1 aromatic carbocycles. The highest BCUT2D eigenvalue weighted by molar-refractivity contribution is 5.72. The van der Waals surface area contributed by atoms with Crippen LogP contribution in [0.4, 0.5) is 5.69 Å². The van der Waals surface area contributed by atoms with Crippen molar-refractivity contribution in [3.8, 4) is 11.1 Å². The molecule has 0 atom stereocenters. The van der Waals surface area contributed by atoms with E-state index in [1.807, 2.05) is 18.5 Å². The Morgan fingerprint density at radius 3 is 2.53 bits per heavy atom. The van der Waals surface area contributed by atoms with E-state index in [0.717, 1.165) is 26.2 Å². The number of pyridine rings is 1. The smallest absolute Gasteiger partial charge is 0.0589 e. The SMILES string of the molecule is Cc1c(-c2ccccc2)cncc1N1CCNCC1. The Hall–Kier alpha value is -1.87. The number of hydrogen-bond acceptors (Lipinski definition) is 3. The van der Waals surface area contributed by atoms with Gasteiger partial charge in [0.25, 0.3) is 0 Å². The first-order chi connectivity index (χ1) is 9.36. The largest absolute Gasteiger partial charge is 0.368 e. The van der Waals surface area contributed by atoms with E-state index in [1.54, 1.807) is 0 Å². The summed E-state index contributed by atoms with van der Waals surface area (Å²) in [5, 5.41) is 3.39. The Morgan fingerprint density at radius 2 is 1.79 bits per heavy atom. The average molecular weight is 253 g/mol. The Labute approximate surface area is 114 Å². The molecule has 1 aliphatic rings. The van der Waals surface area contributed by atoms with Crippen LogP contribution in [0.3, 0.4) is 0 Å². The molecule has 19 heavy (non-hydrogen) atoms. The number of anilines is 1. The highest BCUT2D eigenvalue weighted by Crippen LogP contribution is 2.29. The molecule has 3 nitrogen and oxygen atoms in total. The molecule has 3 heteroatoms. The van der Waals surface area contributed by atoms with Crippen LogP contribution in [0.2, 0.25) is 0 Å². The summed E-state index contributed by atoms with van der Waals surface area (Å²) in [5.74, 6) is 0. The molecule has 1 aromatic heterocycles. The van der Waals surface area contributed by atoms with Crippen LogP contribution in [0, 0.1) is 6.92 Å². The van der Waals surface area contributed by atoms with Gasteiger partial charge in [-0.3, -0.25) is 4.98 Å². The van der Waals surface area contributed by atoms with Crippen LogP contribution in [0.5, 0.6) is 0 Å². The molecule has 1 fully saturated rings. The fourth-order valence-electron chi connectivity index (χ4n) is 2.65. The van der Waals surface area contributed by atoms with Crippen molar-refractivity contribution in [1.29, 1.82) is 0 Å². The summed E-state index contributed by atoms with van der Waals surface area (Å²) in [4.78, 5) is 6.86. The maximum atomic E-state index is 4.43. The van der Waals surface area contributed by atoms with Gasteiger partial charge in [-0.05, 0) is 18.1 Å². The second-order valence-corrected chi connectivity index (χ2v) is 4.93. The second-order valence-electron chi connectivity index (χ2n) is 4.93. The molecule has 0 bridgehead atoms. The molecule has 0 radical (unpaired) electrons. The van der Waals surface area contributed by atoms with Gasteiger partial charge in [-0.2, -0.15) is 0 Å². The third-order valence-electron chi connectivity index (χ3n) is 3.73. The molecule has 1 N–H and O–H groups in total. The van der Waals surface area contributed by atoms with E-state index >= 15 is 0 Å². The molecular formula is C16H19N3. The van der Waals surface area contributed by atoms with Gasteiger partial charge in [0.15, 0.2) is 0 Å². The molecule has 2 aromatic rings. The lowest BCUT2D eigenvalue weighted by Gasteiger charge is -2.31. The van der Waals surface area contributed by atoms with E-state index in [9.17, 15) is 0 Å². The van der Waals surface area contributed by atoms with Gasteiger partial charge in [-0.15, -0.1) is 0 Å². The normalized spacial score (nSPS) is 15.5. The molecule has 1 saturated heterocycles. The Balaban J connectivity index is 1.99. The van der Waals surface area contributed by atoms with E-state index < -0.39 is 0 Å². The van der Waals surface area contributed by atoms with Crippen LogP contribution in [0.15, 0.2) is 42.7 Å². The van der Waals surface area contributed by atoms with Gasteiger partial charge in [0.2, 0.25) is 0 Å². The molecule has 0 saturated carbocycles. The number of nitrogens with zero attached hydrogens (tertiary/aromatic N) is 2. The average Bonchev–Trinajstić information content (AvgIpc) is 2.49. The summed E-state index contributed by atoms with van der Waals surface area (Å²) in [5.41, 5.74) is 5.06. The fourth-order valence-corrected chi connectivity index (χ4v) is 2.65. The fraction of sp³-hybridized carbons (Fsp3) is 0.312. The van der Waals surface area contributed by atoms with Crippen molar-refractivity contribution in [3.05, 3.63) is 48.3 Å². The summed E-state index contributed by atoms with van der Waals surface area (Å²) in [6, 6.07) is 10.5. The number of hydrogen-bond donors (Lipinski definition) is 1. The number of rotatable bonds is 2. The standard InChI is InChI=1S/C16H19N3/c1-13-15(14-5-3-2-4-6-14)11-18-12-16(13)19-9-7-17-8-10-19/h2-6,11-12,17H,7-10H2,1H3. The van der Waals surface area contributed by atoms with E-state index in [1.165, 1.54) is 22.4 Å².